The number of carboxylic acids is 2. The highest BCUT2D eigenvalue weighted by Crippen LogP contribution is 2.34. The second-order valence-electron chi connectivity index (χ2n) is 7.30. The largest absolute Gasteiger partial charge is 0.482 e. The van der Waals surface area contributed by atoms with Crippen LogP contribution in [-0.4, -0.2) is 39.8 Å². The average Bonchev–Trinajstić information content (AvgIpc) is 2.83. The third-order valence-corrected chi connectivity index (χ3v) is 4.72. The van der Waals surface area contributed by atoms with Crippen LogP contribution in [0.1, 0.15) is 18.9 Å². The van der Waals surface area contributed by atoms with Gasteiger partial charge in [0, 0.05) is 18.7 Å². The maximum absolute atomic E-state index is 14.4. The zero-order valence-corrected chi connectivity index (χ0v) is 18.5. The Bertz CT molecular complexity index is 1240. The van der Waals surface area contributed by atoms with Gasteiger partial charge in [0.05, 0.1) is 0 Å². The zero-order valence-electron chi connectivity index (χ0n) is 18.5. The minimum absolute atomic E-state index is 0.00438. The number of pyridine rings is 1. The molecule has 0 saturated carbocycles. The van der Waals surface area contributed by atoms with E-state index in [0.29, 0.717) is 17.2 Å². The van der Waals surface area contributed by atoms with Crippen LogP contribution in [0.25, 0.3) is 11.1 Å². The fourth-order valence-electron chi connectivity index (χ4n) is 3.05. The predicted molar refractivity (Wildman–Crippen MR) is 119 cm³/mol. The van der Waals surface area contributed by atoms with E-state index >= 15 is 0 Å². The number of nitrogens with two attached hydrogens (primary N) is 1. The molecule has 2 aromatic carbocycles. The molecule has 0 bridgehead atoms. The normalized spacial score (nSPS) is 11.5. The first kappa shape index (κ1) is 25.4. The topological polar surface area (TPSA) is 141 Å². The van der Waals surface area contributed by atoms with E-state index in [1.54, 1.807) is 24.3 Å². The van der Waals surface area contributed by atoms with E-state index < -0.39 is 48.0 Å². The summed E-state index contributed by atoms with van der Waals surface area (Å²) in [7, 11) is 0. The van der Waals surface area contributed by atoms with Crippen molar-refractivity contribution in [2.24, 2.45) is 5.73 Å². The highest BCUT2D eigenvalue weighted by molar-refractivity contribution is 5.72. The molecular weight excluding hydrogens is 466 g/mol. The number of hydrogen-bond acceptors (Lipinski definition) is 7. The summed E-state index contributed by atoms with van der Waals surface area (Å²) in [5.74, 6) is -6.24. The van der Waals surface area contributed by atoms with Crippen molar-refractivity contribution in [1.29, 1.82) is 0 Å². The third-order valence-electron chi connectivity index (χ3n) is 4.72. The maximum Gasteiger partial charge on any atom is 0.344 e. The number of halogens is 2. The van der Waals surface area contributed by atoms with Gasteiger partial charge < -0.3 is 30.2 Å². The van der Waals surface area contributed by atoms with Crippen LogP contribution in [-0.2, 0) is 16.1 Å². The molecule has 1 atom stereocenters. The van der Waals surface area contributed by atoms with Crippen molar-refractivity contribution in [1.82, 2.24) is 4.98 Å². The number of hydrogen-bond donors (Lipinski definition) is 3. The van der Waals surface area contributed by atoms with Crippen molar-refractivity contribution < 1.29 is 42.8 Å². The van der Waals surface area contributed by atoms with E-state index in [-0.39, 0.29) is 24.5 Å². The van der Waals surface area contributed by atoms with Gasteiger partial charge in [0.2, 0.25) is 0 Å². The number of benzene rings is 2. The lowest BCUT2D eigenvalue weighted by atomic mass is 10.0. The Balaban J connectivity index is 2.00. The SMILES string of the molecule is CC[C@@H](Oc1nc(Oc2cc(OCC(=O)O)cc(-c3cccc(CN)c3)c2)c(F)cc1F)C(=O)O. The molecule has 0 radical (unpaired) electrons. The molecule has 1 heterocycles. The summed E-state index contributed by atoms with van der Waals surface area (Å²) in [5.41, 5.74) is 7.77. The van der Waals surface area contributed by atoms with Gasteiger partial charge in [-0.15, -0.1) is 0 Å². The lowest BCUT2D eigenvalue weighted by Gasteiger charge is -2.15. The molecule has 0 spiro atoms. The first-order valence-electron chi connectivity index (χ1n) is 10.4. The van der Waals surface area contributed by atoms with Gasteiger partial charge >= 0.3 is 11.9 Å². The molecule has 11 heteroatoms. The van der Waals surface area contributed by atoms with Crippen LogP contribution >= 0.6 is 0 Å². The smallest absolute Gasteiger partial charge is 0.344 e. The standard InChI is InChI=1S/C24H22F2N2O7/c1-2-20(24(31)32)35-23-19(26)10-18(25)22(28-23)34-17-8-15(7-16(9-17)33-12-21(29)30)14-5-3-4-13(6-14)11-27/h3-10,20H,2,11-12,27H2,1H3,(H,29,30)(H,31,32)/t20-/m1/s1. The van der Waals surface area contributed by atoms with E-state index in [9.17, 15) is 18.4 Å². The first-order valence-corrected chi connectivity index (χ1v) is 10.4. The molecule has 3 rings (SSSR count). The Morgan fingerprint density at radius 3 is 2.37 bits per heavy atom. The molecule has 0 unspecified atom stereocenters. The number of rotatable bonds is 11. The quantitative estimate of drug-likeness (QED) is 0.365. The Kier molecular flexibility index (Phi) is 8.16. The summed E-state index contributed by atoms with van der Waals surface area (Å²) in [5, 5.41) is 18.1. The molecule has 0 amide bonds. The maximum atomic E-state index is 14.4. The average molecular weight is 488 g/mol. The molecule has 0 saturated heterocycles. The van der Waals surface area contributed by atoms with Crippen molar-refractivity contribution in [3.63, 3.8) is 0 Å². The molecule has 35 heavy (non-hydrogen) atoms. The summed E-state index contributed by atoms with van der Waals surface area (Å²) >= 11 is 0. The molecule has 4 N–H and O–H groups in total. The van der Waals surface area contributed by atoms with Crippen LogP contribution < -0.4 is 19.9 Å². The Hall–Kier alpha value is -4.25. The molecule has 3 aromatic rings. The van der Waals surface area contributed by atoms with Gasteiger partial charge in [0.1, 0.15) is 11.5 Å². The van der Waals surface area contributed by atoms with Crippen LogP contribution in [0, 0.1) is 11.6 Å². The third kappa shape index (κ3) is 6.64. The highest BCUT2D eigenvalue weighted by Gasteiger charge is 2.22. The van der Waals surface area contributed by atoms with Gasteiger partial charge in [0.15, 0.2) is 24.3 Å². The Labute approximate surface area is 198 Å². The number of aromatic nitrogens is 1. The number of ether oxygens (including phenoxy) is 3. The van der Waals surface area contributed by atoms with Gasteiger partial charge in [-0.2, -0.15) is 4.98 Å². The molecule has 184 valence electrons. The number of aliphatic carboxylic acids is 2. The van der Waals surface area contributed by atoms with Crippen LogP contribution in [0.15, 0.2) is 48.5 Å². The number of carboxylic acid groups (broad SMARTS) is 2. The molecule has 0 aliphatic heterocycles. The lowest BCUT2D eigenvalue weighted by Crippen LogP contribution is -2.26. The summed E-state index contributed by atoms with van der Waals surface area (Å²) in [4.78, 5) is 25.8. The highest BCUT2D eigenvalue weighted by atomic mass is 19.1. The van der Waals surface area contributed by atoms with Crippen molar-refractivity contribution in [2.75, 3.05) is 6.61 Å². The minimum atomic E-state index is -1.40. The zero-order chi connectivity index (χ0) is 25.5. The van der Waals surface area contributed by atoms with Crippen molar-refractivity contribution in [3.8, 4) is 34.4 Å². The van der Waals surface area contributed by atoms with E-state index in [2.05, 4.69) is 4.98 Å². The predicted octanol–water partition coefficient (Wildman–Crippen LogP) is 3.98. The van der Waals surface area contributed by atoms with Crippen LogP contribution in [0.4, 0.5) is 8.78 Å². The Morgan fingerprint density at radius 2 is 1.71 bits per heavy atom. The molecule has 0 aliphatic carbocycles. The van der Waals surface area contributed by atoms with Crippen molar-refractivity contribution in [2.45, 2.75) is 26.0 Å². The number of nitrogens with zero attached hydrogens (tertiary/aromatic N) is 1. The van der Waals surface area contributed by atoms with Gasteiger partial charge in [-0.3, -0.25) is 0 Å². The van der Waals surface area contributed by atoms with Gasteiger partial charge in [0.25, 0.3) is 11.8 Å². The van der Waals surface area contributed by atoms with Gasteiger partial charge in [-0.05, 0) is 41.3 Å². The van der Waals surface area contributed by atoms with Crippen LogP contribution in [0.5, 0.6) is 23.3 Å². The van der Waals surface area contributed by atoms with E-state index in [0.717, 1.165) is 5.56 Å². The first-order chi connectivity index (χ1) is 16.7. The van der Waals surface area contributed by atoms with Crippen LogP contribution in [0.3, 0.4) is 0 Å². The van der Waals surface area contributed by atoms with Crippen molar-refractivity contribution in [3.05, 3.63) is 65.7 Å². The van der Waals surface area contributed by atoms with E-state index in [1.807, 2.05) is 6.07 Å². The summed E-state index contributed by atoms with van der Waals surface area (Å²) in [6, 6.07) is 12.0. The second-order valence-corrected chi connectivity index (χ2v) is 7.30. The molecule has 0 aliphatic rings. The summed E-state index contributed by atoms with van der Waals surface area (Å²) in [6.07, 6.45) is -1.39. The Morgan fingerprint density at radius 1 is 1.00 bits per heavy atom. The molecule has 9 nitrogen and oxygen atoms in total. The van der Waals surface area contributed by atoms with Gasteiger partial charge in [-0.1, -0.05) is 25.1 Å². The fourth-order valence-corrected chi connectivity index (χ4v) is 3.05. The minimum Gasteiger partial charge on any atom is -0.482 e. The second kappa shape index (κ2) is 11.3. The van der Waals surface area contributed by atoms with Gasteiger partial charge in [-0.25, -0.2) is 18.4 Å². The van der Waals surface area contributed by atoms with Crippen molar-refractivity contribution >= 4 is 11.9 Å². The van der Waals surface area contributed by atoms with E-state index in [4.69, 9.17) is 30.2 Å². The summed E-state index contributed by atoms with van der Waals surface area (Å²) in [6.45, 7) is 1.16. The molecule has 0 fully saturated rings. The fraction of sp³-hybridized carbons (Fsp3) is 0.208. The van der Waals surface area contributed by atoms with E-state index in [1.165, 1.54) is 19.1 Å². The molecular formula is C24H22F2N2O7. The molecule has 1 aromatic heterocycles. The lowest BCUT2D eigenvalue weighted by molar-refractivity contribution is -0.145. The van der Waals surface area contributed by atoms with Crippen LogP contribution in [0.2, 0.25) is 0 Å². The summed E-state index contributed by atoms with van der Waals surface area (Å²) < 4.78 is 44.5. The number of carbonyl (C=O) groups is 2. The monoisotopic (exact) mass is 488 g/mol.